The first-order valence-corrected chi connectivity index (χ1v) is 5.40. The van der Waals surface area contributed by atoms with Crippen molar-refractivity contribution in [3.05, 3.63) is 0 Å². The fraction of sp³-hybridized carbons (Fsp3) is 0.889. The Hall–Kier alpha value is -0.220. The van der Waals surface area contributed by atoms with Gasteiger partial charge in [0.1, 0.15) is 0 Å². The first-order valence-electron chi connectivity index (χ1n) is 4.95. The van der Waals surface area contributed by atoms with Gasteiger partial charge in [-0.3, -0.25) is 10.2 Å². The Morgan fingerprint density at radius 3 is 2.00 bits per heavy atom. The van der Waals surface area contributed by atoms with E-state index in [0.717, 1.165) is 38.8 Å². The van der Waals surface area contributed by atoms with E-state index in [2.05, 4.69) is 31.9 Å². The largest absolute Gasteiger partial charge is 0.290 e. The summed E-state index contributed by atoms with van der Waals surface area (Å²) in [7, 11) is 0. The number of carbonyl (C=O) groups is 1. The van der Waals surface area contributed by atoms with Gasteiger partial charge in [0.05, 0.1) is 0 Å². The maximum Gasteiger partial charge on any atom is 0.290 e. The third kappa shape index (κ3) is 8.12. The molecule has 0 aliphatic rings. The highest BCUT2D eigenvalue weighted by molar-refractivity contribution is 7.96. The maximum atomic E-state index is 10.7. The Morgan fingerprint density at radius 2 is 1.69 bits per heavy atom. The molecule has 78 valence electrons. The summed E-state index contributed by atoms with van der Waals surface area (Å²) in [6.07, 6.45) is 4.51. The van der Waals surface area contributed by atoms with Crippen LogP contribution in [0.15, 0.2) is 0 Å². The fourth-order valence-electron chi connectivity index (χ4n) is 1.06. The third-order valence-corrected chi connectivity index (χ3v) is 1.92. The van der Waals surface area contributed by atoms with Crippen molar-refractivity contribution in [3.8, 4) is 0 Å². The summed E-state index contributed by atoms with van der Waals surface area (Å²) in [6.45, 7) is 6.12. The molecule has 0 atom stereocenters. The molecule has 0 bridgehead atoms. The molecule has 0 saturated heterocycles. The van der Waals surface area contributed by atoms with Crippen molar-refractivity contribution in [1.82, 2.24) is 10.4 Å². The van der Waals surface area contributed by atoms with Crippen LogP contribution in [0.5, 0.6) is 0 Å². The number of hydrogen-bond acceptors (Lipinski definition) is 2. The van der Waals surface area contributed by atoms with E-state index in [1.807, 2.05) is 5.01 Å². The number of amides is 1. The van der Waals surface area contributed by atoms with Crippen molar-refractivity contribution >= 4 is 17.9 Å². The zero-order valence-corrected chi connectivity index (χ0v) is 9.44. The molecule has 0 heterocycles. The molecule has 0 aromatic rings. The second-order valence-corrected chi connectivity index (χ2v) is 3.52. The topological polar surface area (TPSA) is 32.3 Å². The van der Waals surface area contributed by atoms with E-state index >= 15 is 0 Å². The van der Waals surface area contributed by atoms with Gasteiger partial charge in [-0.2, -0.15) is 0 Å². The molecule has 1 N–H and O–H groups in total. The zero-order valence-electron chi connectivity index (χ0n) is 8.55. The van der Waals surface area contributed by atoms with Gasteiger partial charge in [0, 0.05) is 13.1 Å². The molecule has 0 spiro atoms. The first-order chi connectivity index (χ1) is 6.20. The van der Waals surface area contributed by atoms with Gasteiger partial charge in [0.25, 0.3) is 5.24 Å². The van der Waals surface area contributed by atoms with Crippen LogP contribution < -0.4 is 5.43 Å². The van der Waals surface area contributed by atoms with Crippen LogP contribution in [-0.2, 0) is 0 Å². The Balaban J connectivity index is 3.66. The van der Waals surface area contributed by atoms with Crippen LogP contribution >= 0.6 is 12.6 Å². The van der Waals surface area contributed by atoms with E-state index in [-0.39, 0.29) is 5.24 Å². The number of carbonyl (C=O) groups excluding carboxylic acids is 1. The molecule has 0 rings (SSSR count). The summed E-state index contributed by atoms with van der Waals surface area (Å²) >= 11 is 3.69. The Kier molecular flexibility index (Phi) is 8.24. The number of hydrogen-bond donors (Lipinski definition) is 2. The highest BCUT2D eigenvalue weighted by Crippen LogP contribution is 1.96. The van der Waals surface area contributed by atoms with Crippen molar-refractivity contribution in [2.45, 2.75) is 39.5 Å². The SMILES string of the molecule is CCCCN(CCCC)NC(=O)S. The average molecular weight is 204 g/mol. The standard InChI is InChI=1S/C9H20N2OS/c1-3-5-7-11(8-6-4-2)10-9(12)13/h3-8H2,1-2H3,(H2,10,12,13). The number of hydrazine groups is 1. The van der Waals surface area contributed by atoms with E-state index in [1.54, 1.807) is 0 Å². The van der Waals surface area contributed by atoms with Crippen LogP contribution in [0.1, 0.15) is 39.5 Å². The third-order valence-electron chi connectivity index (χ3n) is 1.82. The van der Waals surface area contributed by atoms with Crippen LogP contribution in [0, 0.1) is 0 Å². The number of nitrogens with one attached hydrogen (secondary N) is 1. The van der Waals surface area contributed by atoms with Gasteiger partial charge >= 0.3 is 0 Å². The summed E-state index contributed by atoms with van der Waals surface area (Å²) in [6, 6.07) is 0. The Morgan fingerprint density at radius 1 is 1.23 bits per heavy atom. The quantitative estimate of drug-likeness (QED) is 0.493. The van der Waals surface area contributed by atoms with Gasteiger partial charge in [-0.05, 0) is 12.8 Å². The van der Waals surface area contributed by atoms with E-state index in [0.29, 0.717) is 0 Å². The monoisotopic (exact) mass is 204 g/mol. The van der Waals surface area contributed by atoms with Crippen molar-refractivity contribution < 1.29 is 4.79 Å². The van der Waals surface area contributed by atoms with Gasteiger partial charge in [-0.1, -0.05) is 39.3 Å². The summed E-state index contributed by atoms with van der Waals surface area (Å²) in [5, 5.41) is 1.68. The molecular formula is C9H20N2OS. The summed E-state index contributed by atoms with van der Waals surface area (Å²) in [5.41, 5.74) is 2.71. The molecule has 0 aliphatic heterocycles. The minimum absolute atomic E-state index is 0.271. The van der Waals surface area contributed by atoms with Gasteiger partial charge in [-0.15, -0.1) is 0 Å². The van der Waals surface area contributed by atoms with Crippen molar-refractivity contribution in [1.29, 1.82) is 0 Å². The second-order valence-electron chi connectivity index (χ2n) is 3.11. The number of rotatable bonds is 7. The van der Waals surface area contributed by atoms with E-state index in [1.165, 1.54) is 0 Å². The van der Waals surface area contributed by atoms with E-state index in [4.69, 9.17) is 0 Å². The molecule has 4 heteroatoms. The Labute approximate surface area is 86.3 Å². The van der Waals surface area contributed by atoms with E-state index < -0.39 is 0 Å². The lowest BCUT2D eigenvalue weighted by molar-refractivity contribution is 0.189. The number of unbranched alkanes of at least 4 members (excludes halogenated alkanes) is 2. The molecule has 0 aromatic heterocycles. The molecule has 0 fully saturated rings. The van der Waals surface area contributed by atoms with Crippen LogP contribution in [-0.4, -0.2) is 23.3 Å². The average Bonchev–Trinajstić information content (AvgIpc) is 2.09. The van der Waals surface area contributed by atoms with Crippen LogP contribution in [0.25, 0.3) is 0 Å². The fourth-order valence-corrected chi connectivity index (χ4v) is 1.20. The van der Waals surface area contributed by atoms with Crippen LogP contribution in [0.4, 0.5) is 4.79 Å². The van der Waals surface area contributed by atoms with Crippen molar-refractivity contribution in [3.63, 3.8) is 0 Å². The lowest BCUT2D eigenvalue weighted by atomic mass is 10.3. The minimum atomic E-state index is -0.271. The lowest BCUT2D eigenvalue weighted by Gasteiger charge is -2.21. The molecule has 1 amide bonds. The van der Waals surface area contributed by atoms with Crippen molar-refractivity contribution in [2.24, 2.45) is 0 Å². The molecule has 0 aliphatic carbocycles. The van der Waals surface area contributed by atoms with Crippen molar-refractivity contribution in [2.75, 3.05) is 13.1 Å². The number of nitrogens with zero attached hydrogens (tertiary/aromatic N) is 1. The molecule has 0 radical (unpaired) electrons. The summed E-state index contributed by atoms with van der Waals surface area (Å²) in [5.74, 6) is 0. The molecule has 0 unspecified atom stereocenters. The highest BCUT2D eigenvalue weighted by atomic mass is 32.1. The van der Waals surface area contributed by atoms with Gasteiger partial charge < -0.3 is 0 Å². The lowest BCUT2D eigenvalue weighted by Crippen LogP contribution is -2.40. The molecule has 0 saturated carbocycles. The first kappa shape index (κ1) is 12.8. The summed E-state index contributed by atoms with van der Waals surface area (Å²) in [4.78, 5) is 10.7. The zero-order chi connectivity index (χ0) is 10.1. The predicted molar refractivity (Wildman–Crippen MR) is 58.9 cm³/mol. The van der Waals surface area contributed by atoms with Gasteiger partial charge in [0.15, 0.2) is 0 Å². The summed E-state index contributed by atoms with van der Waals surface area (Å²) < 4.78 is 0. The van der Waals surface area contributed by atoms with Gasteiger partial charge in [0.2, 0.25) is 0 Å². The van der Waals surface area contributed by atoms with Crippen LogP contribution in [0.3, 0.4) is 0 Å². The van der Waals surface area contributed by atoms with E-state index in [9.17, 15) is 4.79 Å². The molecule has 13 heavy (non-hydrogen) atoms. The van der Waals surface area contributed by atoms with Gasteiger partial charge in [-0.25, -0.2) is 5.01 Å². The normalized spacial score (nSPS) is 10.5. The number of thiol groups is 1. The second kappa shape index (κ2) is 8.38. The highest BCUT2D eigenvalue weighted by Gasteiger charge is 2.04. The molecule has 3 nitrogen and oxygen atoms in total. The minimum Gasteiger partial charge on any atom is -0.280 e. The predicted octanol–water partition coefficient (Wildman–Crippen LogP) is 2.44. The maximum absolute atomic E-state index is 10.7. The van der Waals surface area contributed by atoms with Crippen LogP contribution in [0.2, 0.25) is 0 Å². The smallest absolute Gasteiger partial charge is 0.280 e. The molecular weight excluding hydrogens is 184 g/mol. The molecule has 0 aromatic carbocycles. The Bertz CT molecular complexity index is 134.